The molecule has 10 radical (unpaired) electrons. The molecule has 2 saturated carbocycles. The van der Waals surface area contributed by atoms with Crippen molar-refractivity contribution in [2.45, 2.75) is 6.42 Å². The van der Waals surface area contributed by atoms with Crippen LogP contribution in [0.5, 0.6) is 0 Å². The van der Waals surface area contributed by atoms with Crippen LogP contribution in [0.4, 0.5) is 0 Å². The summed E-state index contributed by atoms with van der Waals surface area (Å²) >= 11 is 0. The smallest absolute Gasteiger partial charge is 0.195 e. The van der Waals surface area contributed by atoms with E-state index in [1.807, 2.05) is 99.2 Å². The maximum atomic E-state index is 13.8. The van der Waals surface area contributed by atoms with E-state index in [0.717, 1.165) is 28.7 Å². The van der Waals surface area contributed by atoms with Gasteiger partial charge in [0.2, 0.25) is 0 Å². The van der Waals surface area contributed by atoms with E-state index in [2.05, 4.69) is 23.0 Å². The third-order valence-corrected chi connectivity index (χ3v) is 5.43. The summed E-state index contributed by atoms with van der Waals surface area (Å²) in [5.74, 6) is 2.07. The van der Waals surface area contributed by atoms with Crippen molar-refractivity contribution in [3.63, 3.8) is 0 Å². The first kappa shape index (κ1) is 20.1. The number of rotatable bonds is 6. The summed E-state index contributed by atoms with van der Waals surface area (Å²) in [6.07, 6.45) is 16.8. The zero-order valence-corrected chi connectivity index (χ0v) is 16.9. The van der Waals surface area contributed by atoms with E-state index < -0.39 is 0 Å². The minimum absolute atomic E-state index is 0.0382. The van der Waals surface area contributed by atoms with E-state index in [4.69, 9.17) is 0 Å². The van der Waals surface area contributed by atoms with E-state index in [1.165, 1.54) is 0 Å². The van der Waals surface area contributed by atoms with Crippen molar-refractivity contribution in [3.8, 4) is 11.3 Å². The summed E-state index contributed by atoms with van der Waals surface area (Å²) in [4.78, 5) is 13.8. The molecule has 0 unspecified atom stereocenters. The highest BCUT2D eigenvalue weighted by molar-refractivity contribution is 6.13. The monoisotopic (exact) mass is 400 g/mol. The molecule has 0 saturated heterocycles. The van der Waals surface area contributed by atoms with Gasteiger partial charge in [-0.15, -0.1) is 5.10 Å². The molecule has 3 heteroatoms. The molecule has 2 aliphatic carbocycles. The van der Waals surface area contributed by atoms with Crippen LogP contribution in [0.3, 0.4) is 0 Å². The van der Waals surface area contributed by atoms with Crippen LogP contribution in [-0.2, 0) is 6.42 Å². The van der Waals surface area contributed by atoms with E-state index in [0.29, 0.717) is 23.2 Å². The first-order valence-corrected chi connectivity index (χ1v) is 10.3. The predicted octanol–water partition coefficient (Wildman–Crippen LogP) is 5.08. The second-order valence-electron chi connectivity index (χ2n) is 7.46. The van der Waals surface area contributed by atoms with Gasteiger partial charge in [-0.25, -0.2) is 0 Å². The molecule has 3 aromatic rings. The Labute approximate surface area is 184 Å². The highest BCUT2D eigenvalue weighted by Gasteiger charge is 2.32. The van der Waals surface area contributed by atoms with Crippen LogP contribution in [0.15, 0.2) is 60.7 Å². The second-order valence-corrected chi connectivity index (χ2v) is 7.46. The fourth-order valence-electron chi connectivity index (χ4n) is 3.92. The topological polar surface area (TPSA) is 42.9 Å². The van der Waals surface area contributed by atoms with Crippen LogP contribution in [-0.4, -0.2) is 16.0 Å². The molecule has 0 aliphatic heterocycles. The molecule has 5 rings (SSSR count). The summed E-state index contributed by atoms with van der Waals surface area (Å²) in [5.41, 5.74) is 4.42. The number of benzene rings is 2. The standard InChI is InChI=1S/C28H20N2O/c31-28(23-17-5-2-6-18-23)25-24(19-20-11-7-8-12-20)26(21-15-9-10-16-21)29-30-27(25)22-13-3-1-4-14-22/h1-18H,19H2. The van der Waals surface area contributed by atoms with Crippen LogP contribution in [0.2, 0.25) is 0 Å². The number of aromatic nitrogens is 2. The quantitative estimate of drug-likeness (QED) is 0.542. The lowest BCUT2D eigenvalue weighted by Gasteiger charge is -2.21. The molecule has 148 valence electrons. The Morgan fingerprint density at radius 3 is 1.94 bits per heavy atom. The summed E-state index contributed by atoms with van der Waals surface area (Å²) < 4.78 is 0. The van der Waals surface area contributed by atoms with Gasteiger partial charge in [0.15, 0.2) is 5.78 Å². The molecule has 2 aromatic carbocycles. The van der Waals surface area contributed by atoms with Gasteiger partial charge in [0.25, 0.3) is 0 Å². The molecule has 1 aromatic heterocycles. The van der Waals surface area contributed by atoms with Crippen LogP contribution in [0.1, 0.15) is 27.2 Å². The Morgan fingerprint density at radius 2 is 1.26 bits per heavy atom. The van der Waals surface area contributed by atoms with Crippen LogP contribution < -0.4 is 0 Å². The van der Waals surface area contributed by atoms with Crippen molar-refractivity contribution < 1.29 is 4.79 Å². The van der Waals surface area contributed by atoms with Crippen LogP contribution >= 0.6 is 0 Å². The summed E-state index contributed by atoms with van der Waals surface area (Å²) in [7, 11) is 0. The van der Waals surface area contributed by atoms with Crippen molar-refractivity contribution >= 4 is 5.78 Å². The van der Waals surface area contributed by atoms with Crippen LogP contribution in [0, 0.1) is 63.2 Å². The summed E-state index contributed by atoms with van der Waals surface area (Å²) in [5, 5.41) is 9.18. The van der Waals surface area contributed by atoms with Gasteiger partial charge in [0.05, 0.1) is 11.3 Å². The Kier molecular flexibility index (Phi) is 5.93. The molecule has 3 nitrogen and oxygen atoms in total. The first-order chi connectivity index (χ1) is 15.3. The van der Waals surface area contributed by atoms with E-state index in [1.54, 1.807) is 0 Å². The third kappa shape index (κ3) is 4.19. The number of nitrogens with zero attached hydrogens (tertiary/aromatic N) is 2. The Hall–Kier alpha value is -2.81. The molecule has 0 amide bonds. The van der Waals surface area contributed by atoms with Crippen molar-refractivity contribution in [2.75, 3.05) is 0 Å². The van der Waals surface area contributed by atoms with Gasteiger partial charge in [-0.2, -0.15) is 5.10 Å². The molecule has 0 N–H and O–H groups in total. The van der Waals surface area contributed by atoms with Gasteiger partial charge in [-0.1, -0.05) is 60.7 Å². The molecule has 0 bridgehead atoms. The number of carbonyl (C=O) groups excluding carboxylic acids is 1. The maximum Gasteiger partial charge on any atom is 0.195 e. The van der Waals surface area contributed by atoms with Gasteiger partial charge >= 0.3 is 0 Å². The fraction of sp³-hybridized carbons (Fsp3) is 0.0357. The number of hydrogen-bond donors (Lipinski definition) is 0. The second kappa shape index (κ2) is 9.13. The number of ketones is 1. The van der Waals surface area contributed by atoms with E-state index in [9.17, 15) is 4.79 Å². The molecular formula is C28H20N2O. The molecule has 0 spiro atoms. The fourth-order valence-corrected chi connectivity index (χ4v) is 3.92. The minimum atomic E-state index is -0.0382. The van der Waals surface area contributed by atoms with Gasteiger partial charge in [0, 0.05) is 17.0 Å². The zero-order valence-electron chi connectivity index (χ0n) is 16.9. The molecule has 1 heterocycles. The lowest BCUT2D eigenvalue weighted by atomic mass is 9.84. The van der Waals surface area contributed by atoms with Gasteiger partial charge in [-0.3, -0.25) is 4.79 Å². The highest BCUT2D eigenvalue weighted by atomic mass is 16.1. The Balaban J connectivity index is 1.71. The van der Waals surface area contributed by atoms with E-state index >= 15 is 0 Å². The van der Waals surface area contributed by atoms with Gasteiger partial charge in [0.1, 0.15) is 5.69 Å². The normalized spacial score (nSPS) is 17.3. The molecular weight excluding hydrogens is 380 g/mol. The maximum absolute atomic E-state index is 13.8. The SMILES string of the molecule is O=C(c1ccccc1)c1c(-c2ccccc2)nnc([C]2[CH][CH][CH][CH]2)c1C[C]1[CH][CH][CH][CH]1. The largest absolute Gasteiger partial charge is 0.289 e. The number of hydrogen-bond acceptors (Lipinski definition) is 3. The Morgan fingerprint density at radius 1 is 0.677 bits per heavy atom. The summed E-state index contributed by atoms with van der Waals surface area (Å²) in [6.45, 7) is 0. The van der Waals surface area contributed by atoms with Crippen LogP contribution in [0.25, 0.3) is 11.3 Å². The third-order valence-electron chi connectivity index (χ3n) is 5.43. The lowest BCUT2D eigenvalue weighted by molar-refractivity contribution is 0.103. The van der Waals surface area contributed by atoms with Crippen molar-refractivity contribution in [2.24, 2.45) is 0 Å². The first-order valence-electron chi connectivity index (χ1n) is 10.3. The molecule has 0 atom stereocenters. The van der Waals surface area contributed by atoms with Gasteiger partial charge in [-0.05, 0) is 69.3 Å². The average Bonchev–Trinajstić information content (AvgIpc) is 3.54. The molecule has 2 aliphatic rings. The minimum Gasteiger partial charge on any atom is -0.289 e. The Bertz CT molecular complexity index is 1030. The zero-order chi connectivity index (χ0) is 21.0. The van der Waals surface area contributed by atoms with Gasteiger partial charge < -0.3 is 0 Å². The lowest BCUT2D eigenvalue weighted by Crippen LogP contribution is -2.18. The van der Waals surface area contributed by atoms with E-state index in [-0.39, 0.29) is 5.78 Å². The van der Waals surface area contributed by atoms with Crippen molar-refractivity contribution in [1.29, 1.82) is 0 Å². The number of carbonyl (C=O) groups is 1. The van der Waals surface area contributed by atoms with Crippen molar-refractivity contribution in [3.05, 3.63) is 146 Å². The highest BCUT2D eigenvalue weighted by Crippen LogP contribution is 2.38. The molecule has 31 heavy (non-hydrogen) atoms. The predicted molar refractivity (Wildman–Crippen MR) is 121 cm³/mol. The summed E-state index contributed by atoms with van der Waals surface area (Å²) in [6, 6.07) is 19.2. The average molecular weight is 400 g/mol. The molecule has 2 fully saturated rings. The van der Waals surface area contributed by atoms with Crippen molar-refractivity contribution in [1.82, 2.24) is 10.2 Å².